The summed E-state index contributed by atoms with van der Waals surface area (Å²) < 4.78 is 18.4. The Labute approximate surface area is 179 Å². The maximum Gasteiger partial charge on any atom is 0.325 e. The number of imide groups is 1. The second-order valence-corrected chi connectivity index (χ2v) is 8.11. The maximum absolute atomic E-state index is 13.3. The first-order valence-corrected chi connectivity index (χ1v) is 10.2. The van der Waals surface area contributed by atoms with E-state index in [2.05, 4.69) is 10.6 Å². The zero-order valence-electron chi connectivity index (χ0n) is 17.4. The molecule has 2 atom stereocenters. The zero-order valence-corrected chi connectivity index (χ0v) is 17.4. The predicted octanol–water partition coefficient (Wildman–Crippen LogP) is 2.87. The lowest BCUT2D eigenvalue weighted by Crippen LogP contribution is -2.44. The second-order valence-electron chi connectivity index (χ2n) is 8.11. The van der Waals surface area contributed by atoms with E-state index in [9.17, 15) is 18.8 Å². The van der Waals surface area contributed by atoms with E-state index in [1.807, 2.05) is 24.3 Å². The number of nitrogens with one attached hydrogen (secondary N) is 2. The summed E-state index contributed by atoms with van der Waals surface area (Å²) >= 11 is 0. The Bertz CT molecular complexity index is 1000. The van der Waals surface area contributed by atoms with Crippen LogP contribution >= 0.6 is 0 Å². The number of carbonyl (C=O) groups is 3. The van der Waals surface area contributed by atoms with Crippen LogP contribution in [0.1, 0.15) is 36.9 Å². The van der Waals surface area contributed by atoms with Crippen molar-refractivity contribution in [3.8, 4) is 5.75 Å². The molecule has 1 aliphatic carbocycles. The fourth-order valence-electron chi connectivity index (χ4n) is 3.90. The first kappa shape index (κ1) is 20.8. The van der Waals surface area contributed by atoms with Crippen molar-refractivity contribution < 1.29 is 23.5 Å². The number of hydrogen-bond acceptors (Lipinski definition) is 4. The topological polar surface area (TPSA) is 87.7 Å². The number of rotatable bonds is 7. The molecule has 4 rings (SSSR count). The van der Waals surface area contributed by atoms with Gasteiger partial charge in [-0.05, 0) is 61.1 Å². The number of hydrogen-bond donors (Lipinski definition) is 2. The van der Waals surface area contributed by atoms with Gasteiger partial charge in [-0.1, -0.05) is 24.3 Å². The second kappa shape index (κ2) is 8.02. The van der Waals surface area contributed by atoms with Crippen LogP contribution < -0.4 is 15.4 Å². The molecule has 8 heteroatoms. The molecule has 2 unspecified atom stereocenters. The van der Waals surface area contributed by atoms with Gasteiger partial charge in [0.2, 0.25) is 5.91 Å². The van der Waals surface area contributed by atoms with E-state index in [0.717, 1.165) is 29.1 Å². The number of methoxy groups -OCH3 is 1. The average Bonchev–Trinajstić information content (AvgIpc) is 3.58. The monoisotopic (exact) mass is 425 g/mol. The number of amides is 4. The summed E-state index contributed by atoms with van der Waals surface area (Å²) in [4.78, 5) is 39.1. The number of ether oxygens (including phenoxy) is 1. The third-order valence-electron chi connectivity index (χ3n) is 5.88. The lowest BCUT2D eigenvalue weighted by Gasteiger charge is -2.23. The predicted molar refractivity (Wildman–Crippen MR) is 111 cm³/mol. The average molecular weight is 425 g/mol. The molecule has 0 radical (unpaired) electrons. The summed E-state index contributed by atoms with van der Waals surface area (Å²) in [5.41, 5.74) is 0.0472. The molecular weight excluding hydrogens is 401 g/mol. The highest BCUT2D eigenvalue weighted by Crippen LogP contribution is 2.41. The zero-order chi connectivity index (χ0) is 22.2. The van der Waals surface area contributed by atoms with Gasteiger partial charge in [0.15, 0.2) is 0 Å². The van der Waals surface area contributed by atoms with Crippen LogP contribution in [-0.2, 0) is 15.1 Å². The largest absolute Gasteiger partial charge is 0.497 e. The van der Waals surface area contributed by atoms with Gasteiger partial charge < -0.3 is 15.4 Å². The fraction of sp³-hybridized carbons (Fsp3) is 0.348. The van der Waals surface area contributed by atoms with Crippen LogP contribution in [0.15, 0.2) is 48.5 Å². The molecule has 2 aromatic carbocycles. The summed E-state index contributed by atoms with van der Waals surface area (Å²) in [5, 5.41) is 5.60. The van der Waals surface area contributed by atoms with Gasteiger partial charge >= 0.3 is 6.03 Å². The molecule has 1 saturated heterocycles. The summed E-state index contributed by atoms with van der Waals surface area (Å²) in [7, 11) is 1.59. The first-order chi connectivity index (χ1) is 14.8. The van der Waals surface area contributed by atoms with Crippen LogP contribution in [0, 0.1) is 11.7 Å². The quantitative estimate of drug-likeness (QED) is 0.668. The molecule has 0 bridgehead atoms. The normalized spacial score (nSPS) is 21.6. The molecule has 4 amide bonds. The van der Waals surface area contributed by atoms with Gasteiger partial charge in [-0.25, -0.2) is 9.18 Å². The molecule has 2 aromatic rings. The fourth-order valence-corrected chi connectivity index (χ4v) is 3.90. The summed E-state index contributed by atoms with van der Waals surface area (Å²) in [6.07, 6.45) is 2.01. The van der Waals surface area contributed by atoms with Crippen molar-refractivity contribution in [3.05, 3.63) is 65.5 Å². The summed E-state index contributed by atoms with van der Waals surface area (Å²) in [5.74, 6) is -0.356. The van der Waals surface area contributed by atoms with Crippen molar-refractivity contribution in [1.82, 2.24) is 15.5 Å². The molecular formula is C23H24FN3O4. The van der Waals surface area contributed by atoms with Crippen LogP contribution in [0.2, 0.25) is 0 Å². The van der Waals surface area contributed by atoms with Crippen LogP contribution in [0.25, 0.3) is 0 Å². The highest BCUT2D eigenvalue weighted by molar-refractivity contribution is 6.09. The van der Waals surface area contributed by atoms with E-state index in [4.69, 9.17) is 4.74 Å². The highest BCUT2D eigenvalue weighted by atomic mass is 19.1. The van der Waals surface area contributed by atoms with Crippen molar-refractivity contribution >= 4 is 17.8 Å². The van der Waals surface area contributed by atoms with E-state index < -0.39 is 29.2 Å². The Balaban J connectivity index is 1.46. The van der Waals surface area contributed by atoms with Crippen LogP contribution in [0.3, 0.4) is 0 Å². The van der Waals surface area contributed by atoms with E-state index in [1.54, 1.807) is 14.0 Å². The van der Waals surface area contributed by atoms with Crippen molar-refractivity contribution in [2.75, 3.05) is 13.7 Å². The standard InChI is InChI=1S/C23H24FN3O4/c1-23(16-7-9-17(24)10-8-16)21(29)27(22(30)26-23)13-19(28)25-20(14-3-4-14)15-5-11-18(31-2)12-6-15/h5-12,14,20H,3-4,13H2,1-2H3,(H,25,28)(H,26,30). The number of urea groups is 1. The van der Waals surface area contributed by atoms with Crippen molar-refractivity contribution in [1.29, 1.82) is 0 Å². The van der Waals surface area contributed by atoms with Gasteiger partial charge in [0.1, 0.15) is 23.7 Å². The van der Waals surface area contributed by atoms with Gasteiger partial charge in [0.25, 0.3) is 5.91 Å². The Kier molecular flexibility index (Phi) is 5.39. The SMILES string of the molecule is COc1ccc(C(NC(=O)CN2C(=O)NC(C)(c3ccc(F)cc3)C2=O)C2CC2)cc1. The Morgan fingerprint density at radius 2 is 1.84 bits per heavy atom. The molecule has 0 aromatic heterocycles. The third kappa shape index (κ3) is 4.10. The first-order valence-electron chi connectivity index (χ1n) is 10.2. The molecule has 0 spiro atoms. The summed E-state index contributed by atoms with van der Waals surface area (Å²) in [6.45, 7) is 1.16. The molecule has 2 aliphatic rings. The number of nitrogens with zero attached hydrogens (tertiary/aromatic N) is 1. The van der Waals surface area contributed by atoms with Crippen molar-refractivity contribution in [2.45, 2.75) is 31.3 Å². The van der Waals surface area contributed by atoms with Crippen LogP contribution in [-0.4, -0.2) is 36.4 Å². The lowest BCUT2D eigenvalue weighted by molar-refractivity contribution is -0.135. The van der Waals surface area contributed by atoms with E-state index in [-0.39, 0.29) is 12.6 Å². The molecule has 162 valence electrons. The lowest BCUT2D eigenvalue weighted by atomic mass is 9.92. The molecule has 2 N–H and O–H groups in total. The van der Waals surface area contributed by atoms with Crippen molar-refractivity contribution in [2.24, 2.45) is 5.92 Å². The molecule has 31 heavy (non-hydrogen) atoms. The van der Waals surface area contributed by atoms with Gasteiger partial charge in [-0.3, -0.25) is 14.5 Å². The minimum absolute atomic E-state index is 0.192. The highest BCUT2D eigenvalue weighted by Gasteiger charge is 2.49. The van der Waals surface area contributed by atoms with Gasteiger partial charge in [0, 0.05) is 0 Å². The minimum atomic E-state index is -1.35. The van der Waals surface area contributed by atoms with E-state index >= 15 is 0 Å². The molecule has 2 fully saturated rings. The van der Waals surface area contributed by atoms with Gasteiger partial charge in [0.05, 0.1) is 13.2 Å². The summed E-state index contributed by atoms with van der Waals surface area (Å²) in [6, 6.07) is 12.0. The van der Waals surface area contributed by atoms with Crippen LogP contribution in [0.4, 0.5) is 9.18 Å². The Hall–Kier alpha value is -3.42. The molecule has 1 heterocycles. The Morgan fingerprint density at radius 1 is 1.19 bits per heavy atom. The number of carbonyl (C=O) groups excluding carboxylic acids is 3. The smallest absolute Gasteiger partial charge is 0.325 e. The minimum Gasteiger partial charge on any atom is -0.497 e. The van der Waals surface area contributed by atoms with E-state index in [1.165, 1.54) is 24.3 Å². The van der Waals surface area contributed by atoms with E-state index in [0.29, 0.717) is 11.5 Å². The molecule has 1 saturated carbocycles. The Morgan fingerprint density at radius 3 is 2.42 bits per heavy atom. The maximum atomic E-state index is 13.3. The molecule has 1 aliphatic heterocycles. The number of halogens is 1. The molecule has 7 nitrogen and oxygen atoms in total. The van der Waals surface area contributed by atoms with Crippen LogP contribution in [0.5, 0.6) is 5.75 Å². The number of benzene rings is 2. The van der Waals surface area contributed by atoms with Gasteiger partial charge in [-0.15, -0.1) is 0 Å². The van der Waals surface area contributed by atoms with Gasteiger partial charge in [-0.2, -0.15) is 0 Å². The van der Waals surface area contributed by atoms with Crippen molar-refractivity contribution in [3.63, 3.8) is 0 Å². The third-order valence-corrected chi connectivity index (χ3v) is 5.88.